The van der Waals surface area contributed by atoms with Crippen molar-refractivity contribution in [2.75, 3.05) is 0 Å². The zero-order valence-electron chi connectivity index (χ0n) is 17.7. The third kappa shape index (κ3) is 5.94. The minimum Gasteiger partial charge on any atom is -0.489 e. The second-order valence-corrected chi connectivity index (χ2v) is 9.03. The number of aliphatic hydroxyl groups excluding tert-OH is 1. The van der Waals surface area contributed by atoms with E-state index >= 15 is 0 Å². The van der Waals surface area contributed by atoms with Crippen molar-refractivity contribution >= 4 is 29.6 Å². The molecule has 1 aliphatic rings. The average molecular weight is 467 g/mol. The van der Waals surface area contributed by atoms with Crippen LogP contribution in [0.15, 0.2) is 72.8 Å². The number of hydrogen-bond donors (Lipinski definition) is 3. The molecule has 170 valence electrons. The van der Waals surface area contributed by atoms with Gasteiger partial charge in [-0.1, -0.05) is 60.3 Å². The van der Waals surface area contributed by atoms with Gasteiger partial charge in [0, 0.05) is 6.54 Å². The van der Waals surface area contributed by atoms with Gasteiger partial charge in [0.15, 0.2) is 0 Å². The standard InChI is InChI=1S/C24H23BFNO5S/c26-20-9-3-17(4-10-20)14-27-23(28)22(33-24(27)29)13-16-5-11-21(12-6-16)32-15-18-1-7-19(8-2-18)25(30)31/h1-12,22-23,28,30-31H,13-15H2. The second kappa shape index (κ2) is 10.4. The van der Waals surface area contributed by atoms with Crippen LogP contribution in [0.3, 0.4) is 0 Å². The summed E-state index contributed by atoms with van der Waals surface area (Å²) in [7, 11) is -1.49. The highest BCUT2D eigenvalue weighted by Gasteiger charge is 2.39. The molecule has 0 aliphatic carbocycles. The molecule has 1 amide bonds. The fourth-order valence-electron chi connectivity index (χ4n) is 3.57. The van der Waals surface area contributed by atoms with E-state index in [1.165, 1.54) is 17.0 Å². The molecule has 1 fully saturated rings. The number of thioether (sulfide) groups is 1. The van der Waals surface area contributed by atoms with Crippen molar-refractivity contribution in [3.05, 3.63) is 95.3 Å². The lowest BCUT2D eigenvalue weighted by molar-refractivity contribution is 0.0416. The lowest BCUT2D eigenvalue weighted by Gasteiger charge is -2.22. The highest BCUT2D eigenvalue weighted by Crippen LogP contribution is 2.34. The summed E-state index contributed by atoms with van der Waals surface area (Å²) >= 11 is 1.11. The Morgan fingerprint density at radius 2 is 1.52 bits per heavy atom. The first-order chi connectivity index (χ1) is 15.9. The molecule has 0 bridgehead atoms. The quantitative estimate of drug-likeness (QED) is 0.442. The lowest BCUT2D eigenvalue weighted by Crippen LogP contribution is -2.36. The van der Waals surface area contributed by atoms with Gasteiger partial charge >= 0.3 is 7.12 Å². The first kappa shape index (κ1) is 23.3. The minimum absolute atomic E-state index is 0.198. The van der Waals surface area contributed by atoms with Crippen LogP contribution in [0.25, 0.3) is 0 Å². The zero-order chi connectivity index (χ0) is 23.4. The topological polar surface area (TPSA) is 90.2 Å². The highest BCUT2D eigenvalue weighted by molar-refractivity contribution is 8.14. The Hall–Kier alpha value is -2.85. The number of benzene rings is 3. The van der Waals surface area contributed by atoms with Crippen LogP contribution in [0.2, 0.25) is 0 Å². The lowest BCUT2D eigenvalue weighted by atomic mass is 9.80. The first-order valence-electron chi connectivity index (χ1n) is 10.5. The van der Waals surface area contributed by atoms with Gasteiger partial charge < -0.3 is 24.8 Å². The molecule has 0 spiro atoms. The Kier molecular flexibility index (Phi) is 7.34. The molecule has 3 aromatic rings. The van der Waals surface area contributed by atoms with Crippen molar-refractivity contribution in [3.8, 4) is 5.75 Å². The molecule has 0 saturated carbocycles. The molecule has 0 aromatic heterocycles. The predicted octanol–water partition coefficient (Wildman–Crippen LogP) is 2.68. The van der Waals surface area contributed by atoms with Crippen LogP contribution in [0, 0.1) is 5.82 Å². The van der Waals surface area contributed by atoms with E-state index in [2.05, 4.69) is 0 Å². The van der Waals surface area contributed by atoms with E-state index in [4.69, 9.17) is 14.8 Å². The Morgan fingerprint density at radius 3 is 2.15 bits per heavy atom. The van der Waals surface area contributed by atoms with Gasteiger partial charge in [-0.15, -0.1) is 0 Å². The van der Waals surface area contributed by atoms with E-state index in [1.54, 1.807) is 36.4 Å². The van der Waals surface area contributed by atoms with Crippen molar-refractivity contribution in [1.29, 1.82) is 0 Å². The first-order valence-corrected chi connectivity index (χ1v) is 11.3. The number of amides is 1. The Balaban J connectivity index is 1.31. The van der Waals surface area contributed by atoms with Crippen molar-refractivity contribution < 1.29 is 29.1 Å². The normalized spacial score (nSPS) is 17.9. The number of aliphatic hydroxyl groups is 1. The summed E-state index contributed by atoms with van der Waals surface area (Å²) in [4.78, 5) is 13.8. The molecule has 6 nitrogen and oxygen atoms in total. The third-order valence-electron chi connectivity index (χ3n) is 5.45. The van der Waals surface area contributed by atoms with Gasteiger partial charge in [-0.25, -0.2) is 4.39 Å². The van der Waals surface area contributed by atoms with E-state index < -0.39 is 13.3 Å². The number of rotatable bonds is 8. The summed E-state index contributed by atoms with van der Waals surface area (Å²) in [5.74, 6) is 0.338. The van der Waals surface area contributed by atoms with Crippen molar-refractivity contribution in [2.24, 2.45) is 0 Å². The van der Waals surface area contributed by atoms with Crippen molar-refractivity contribution in [2.45, 2.75) is 31.1 Å². The molecular formula is C24H23BFNO5S. The fraction of sp³-hybridized carbons (Fsp3) is 0.208. The minimum atomic E-state index is -1.49. The van der Waals surface area contributed by atoms with Crippen LogP contribution in [-0.4, -0.2) is 43.9 Å². The summed E-state index contributed by atoms with van der Waals surface area (Å²) in [6.07, 6.45) is -0.410. The monoisotopic (exact) mass is 467 g/mol. The zero-order valence-corrected chi connectivity index (χ0v) is 18.5. The molecular weight excluding hydrogens is 444 g/mol. The van der Waals surface area contributed by atoms with Gasteiger partial charge in [0.2, 0.25) is 0 Å². The Morgan fingerprint density at radius 1 is 0.909 bits per heavy atom. The molecule has 2 atom stereocenters. The van der Waals surface area contributed by atoms with Gasteiger partial charge in [-0.2, -0.15) is 0 Å². The number of carbonyl (C=O) groups excluding carboxylic acids is 1. The smallest absolute Gasteiger partial charge is 0.488 e. The number of hydrogen-bond acceptors (Lipinski definition) is 6. The number of ether oxygens (including phenoxy) is 1. The summed E-state index contributed by atoms with van der Waals surface area (Å²) in [6.45, 7) is 0.569. The largest absolute Gasteiger partial charge is 0.489 e. The number of nitrogens with zero attached hydrogens (tertiary/aromatic N) is 1. The summed E-state index contributed by atoms with van der Waals surface area (Å²) in [6, 6.07) is 20.2. The van der Waals surface area contributed by atoms with Gasteiger partial charge in [0.05, 0.1) is 5.25 Å². The summed E-state index contributed by atoms with van der Waals surface area (Å²) < 4.78 is 18.9. The SMILES string of the molecule is O=C1SC(Cc2ccc(OCc3ccc(B(O)O)cc3)cc2)C(O)N1Cc1ccc(F)cc1. The van der Waals surface area contributed by atoms with Gasteiger partial charge in [0.1, 0.15) is 24.4 Å². The van der Waals surface area contributed by atoms with Gasteiger partial charge in [-0.3, -0.25) is 4.79 Å². The average Bonchev–Trinajstić information content (AvgIpc) is 3.07. The van der Waals surface area contributed by atoms with Crippen LogP contribution in [-0.2, 0) is 19.6 Å². The third-order valence-corrected chi connectivity index (χ3v) is 6.60. The Bertz CT molecular complexity index is 1080. The molecule has 1 saturated heterocycles. The van der Waals surface area contributed by atoms with Crippen LogP contribution < -0.4 is 10.2 Å². The highest BCUT2D eigenvalue weighted by atomic mass is 32.2. The molecule has 1 heterocycles. The fourth-order valence-corrected chi connectivity index (χ4v) is 4.68. The second-order valence-electron chi connectivity index (χ2n) is 7.84. The number of carbonyl (C=O) groups is 1. The molecule has 4 rings (SSSR count). The van der Waals surface area contributed by atoms with Gasteiger partial charge in [-0.05, 0) is 52.8 Å². The maximum atomic E-state index is 13.1. The molecule has 2 unspecified atom stereocenters. The molecule has 9 heteroatoms. The molecule has 3 aromatic carbocycles. The Labute approximate surface area is 195 Å². The molecule has 3 N–H and O–H groups in total. The van der Waals surface area contributed by atoms with Crippen LogP contribution in [0.4, 0.5) is 9.18 Å². The summed E-state index contributed by atoms with van der Waals surface area (Å²) in [5, 5.41) is 28.5. The van der Waals surface area contributed by atoms with E-state index in [1.807, 2.05) is 24.3 Å². The van der Waals surface area contributed by atoms with Crippen LogP contribution >= 0.6 is 11.8 Å². The maximum absolute atomic E-state index is 13.1. The van der Waals surface area contributed by atoms with E-state index in [-0.39, 0.29) is 22.9 Å². The van der Waals surface area contributed by atoms with E-state index in [0.717, 1.165) is 28.5 Å². The van der Waals surface area contributed by atoms with E-state index in [9.17, 15) is 14.3 Å². The van der Waals surface area contributed by atoms with Crippen LogP contribution in [0.5, 0.6) is 5.75 Å². The number of halogens is 1. The molecule has 1 aliphatic heterocycles. The predicted molar refractivity (Wildman–Crippen MR) is 125 cm³/mol. The maximum Gasteiger partial charge on any atom is 0.488 e. The molecule has 0 radical (unpaired) electrons. The van der Waals surface area contributed by atoms with E-state index in [0.29, 0.717) is 24.2 Å². The van der Waals surface area contributed by atoms with Crippen molar-refractivity contribution in [3.63, 3.8) is 0 Å². The van der Waals surface area contributed by atoms with Crippen molar-refractivity contribution in [1.82, 2.24) is 4.90 Å². The molecule has 33 heavy (non-hydrogen) atoms. The van der Waals surface area contributed by atoms with Gasteiger partial charge in [0.25, 0.3) is 5.24 Å². The van der Waals surface area contributed by atoms with Crippen LogP contribution in [0.1, 0.15) is 16.7 Å². The summed E-state index contributed by atoms with van der Waals surface area (Å²) in [5.41, 5.74) is 3.05.